The largest absolute Gasteiger partial charge is 0.264 e. The van der Waals surface area contributed by atoms with Gasteiger partial charge in [0.15, 0.2) is 0 Å². The van der Waals surface area contributed by atoms with Crippen molar-refractivity contribution in [1.82, 2.24) is 9.71 Å². The van der Waals surface area contributed by atoms with Crippen molar-refractivity contribution in [3.8, 4) is 0 Å². The number of nitrogens with one attached hydrogen (secondary N) is 1. The fraction of sp³-hybridized carbons (Fsp3) is 0.167. The Morgan fingerprint density at radius 2 is 2.60 bits per heavy atom. The summed E-state index contributed by atoms with van der Waals surface area (Å²) in [5.74, 6) is 0. The van der Waals surface area contributed by atoms with Crippen LogP contribution in [-0.4, -0.2) is 9.54 Å². The standard InChI is InChI=1S/C6H7IN2S/c7-5-9-10-6-2-1-3-8-4-6/h1-4,9H,5H2. The molecule has 0 aromatic carbocycles. The monoisotopic (exact) mass is 266 g/mol. The summed E-state index contributed by atoms with van der Waals surface area (Å²) in [4.78, 5) is 5.13. The van der Waals surface area contributed by atoms with E-state index < -0.39 is 0 Å². The van der Waals surface area contributed by atoms with Crippen molar-refractivity contribution >= 4 is 34.5 Å². The van der Waals surface area contributed by atoms with Crippen LogP contribution in [-0.2, 0) is 0 Å². The van der Waals surface area contributed by atoms with Gasteiger partial charge in [0.2, 0.25) is 0 Å². The molecule has 2 nitrogen and oxygen atoms in total. The second-order valence-electron chi connectivity index (χ2n) is 1.57. The Morgan fingerprint density at radius 1 is 1.70 bits per heavy atom. The van der Waals surface area contributed by atoms with Gasteiger partial charge in [0.25, 0.3) is 0 Å². The summed E-state index contributed by atoms with van der Waals surface area (Å²) < 4.78 is 4.07. The molecule has 0 aliphatic heterocycles. The first-order valence-corrected chi connectivity index (χ1v) is 5.13. The molecule has 0 bridgehead atoms. The molecule has 1 aromatic rings. The molecule has 0 spiro atoms. The van der Waals surface area contributed by atoms with Crippen molar-refractivity contribution in [2.75, 3.05) is 4.55 Å². The molecule has 0 amide bonds. The van der Waals surface area contributed by atoms with Gasteiger partial charge in [0.1, 0.15) is 0 Å². The quantitative estimate of drug-likeness (QED) is 0.392. The smallest absolute Gasteiger partial charge is 0.0581 e. The first-order chi connectivity index (χ1) is 4.93. The molecule has 4 heteroatoms. The molecule has 1 aromatic heterocycles. The molecule has 0 saturated carbocycles. The van der Waals surface area contributed by atoms with E-state index in [-0.39, 0.29) is 0 Å². The highest BCUT2D eigenvalue weighted by Crippen LogP contribution is 2.11. The molecule has 54 valence electrons. The summed E-state index contributed by atoms with van der Waals surface area (Å²) >= 11 is 3.86. The SMILES string of the molecule is ICNSc1cccnc1. The van der Waals surface area contributed by atoms with E-state index in [2.05, 4.69) is 32.3 Å². The van der Waals surface area contributed by atoms with Crippen LogP contribution < -0.4 is 4.72 Å². The van der Waals surface area contributed by atoms with Crippen molar-refractivity contribution in [3.63, 3.8) is 0 Å². The average molecular weight is 266 g/mol. The fourth-order valence-corrected chi connectivity index (χ4v) is 1.47. The van der Waals surface area contributed by atoms with Crippen molar-refractivity contribution in [1.29, 1.82) is 0 Å². The van der Waals surface area contributed by atoms with Crippen LogP contribution in [0.5, 0.6) is 0 Å². The lowest BCUT2D eigenvalue weighted by atomic mass is 10.5. The Bertz CT molecular complexity index is 180. The third-order valence-electron chi connectivity index (χ3n) is 0.879. The molecule has 10 heavy (non-hydrogen) atoms. The van der Waals surface area contributed by atoms with Crippen molar-refractivity contribution < 1.29 is 0 Å². The number of alkyl halides is 1. The minimum Gasteiger partial charge on any atom is -0.264 e. The molecular weight excluding hydrogens is 259 g/mol. The van der Waals surface area contributed by atoms with Crippen LogP contribution in [0.15, 0.2) is 29.4 Å². The van der Waals surface area contributed by atoms with Gasteiger partial charge in [-0.15, -0.1) is 0 Å². The predicted molar refractivity (Wildman–Crippen MR) is 52.1 cm³/mol. The Kier molecular flexibility index (Phi) is 4.08. The third-order valence-corrected chi connectivity index (χ3v) is 2.54. The van der Waals surface area contributed by atoms with E-state index in [1.165, 1.54) is 0 Å². The van der Waals surface area contributed by atoms with Gasteiger partial charge in [-0.2, -0.15) is 0 Å². The van der Waals surface area contributed by atoms with Crippen LogP contribution in [0.2, 0.25) is 0 Å². The Hall–Kier alpha value is 0.190. The van der Waals surface area contributed by atoms with E-state index >= 15 is 0 Å². The number of hydrogen-bond acceptors (Lipinski definition) is 3. The second-order valence-corrected chi connectivity index (χ2v) is 3.30. The van der Waals surface area contributed by atoms with Gasteiger partial charge in [0.05, 0.1) is 4.55 Å². The lowest BCUT2D eigenvalue weighted by Gasteiger charge is -1.96. The molecule has 0 unspecified atom stereocenters. The van der Waals surface area contributed by atoms with Crippen LogP contribution in [0.25, 0.3) is 0 Å². The molecule has 1 heterocycles. The van der Waals surface area contributed by atoms with E-state index in [9.17, 15) is 0 Å². The highest BCUT2D eigenvalue weighted by molar-refractivity contribution is 14.1. The summed E-state index contributed by atoms with van der Waals surface area (Å²) in [6.07, 6.45) is 3.61. The first kappa shape index (κ1) is 8.29. The molecule has 0 aliphatic rings. The zero-order valence-electron chi connectivity index (χ0n) is 5.25. The summed E-state index contributed by atoms with van der Waals surface area (Å²) in [6.45, 7) is 0. The lowest BCUT2D eigenvalue weighted by Crippen LogP contribution is -1.96. The average Bonchev–Trinajstić information content (AvgIpc) is 2.03. The molecular formula is C6H7IN2S. The van der Waals surface area contributed by atoms with Crippen LogP contribution in [0.1, 0.15) is 0 Å². The van der Waals surface area contributed by atoms with Crippen LogP contribution in [0.4, 0.5) is 0 Å². The van der Waals surface area contributed by atoms with Gasteiger partial charge in [-0.3, -0.25) is 9.71 Å². The molecule has 0 fully saturated rings. The van der Waals surface area contributed by atoms with E-state index in [1.807, 2.05) is 18.3 Å². The van der Waals surface area contributed by atoms with Gasteiger partial charge < -0.3 is 0 Å². The number of halogens is 1. The summed E-state index contributed by atoms with van der Waals surface area (Å²) in [5, 5.41) is 0. The number of aromatic nitrogens is 1. The number of rotatable bonds is 3. The molecule has 0 radical (unpaired) electrons. The molecule has 0 saturated heterocycles. The van der Waals surface area contributed by atoms with Gasteiger partial charge in [-0.1, -0.05) is 22.6 Å². The van der Waals surface area contributed by atoms with Gasteiger partial charge in [-0.05, 0) is 24.1 Å². The van der Waals surface area contributed by atoms with E-state index in [1.54, 1.807) is 18.1 Å². The van der Waals surface area contributed by atoms with Crippen LogP contribution in [0.3, 0.4) is 0 Å². The van der Waals surface area contributed by atoms with Crippen LogP contribution in [0, 0.1) is 0 Å². The topological polar surface area (TPSA) is 24.9 Å². The molecule has 0 atom stereocenters. The number of nitrogens with zero attached hydrogens (tertiary/aromatic N) is 1. The fourth-order valence-electron chi connectivity index (χ4n) is 0.518. The predicted octanol–water partition coefficient (Wildman–Crippen LogP) is 2.07. The maximum absolute atomic E-state index is 3.97. The molecule has 1 N–H and O–H groups in total. The minimum atomic E-state index is 0.942. The molecule has 1 rings (SSSR count). The summed E-state index contributed by atoms with van der Waals surface area (Å²) in [5.41, 5.74) is 0. The Morgan fingerprint density at radius 3 is 3.20 bits per heavy atom. The van der Waals surface area contributed by atoms with Crippen LogP contribution >= 0.6 is 34.5 Å². The van der Waals surface area contributed by atoms with Crippen molar-refractivity contribution in [2.24, 2.45) is 0 Å². The van der Waals surface area contributed by atoms with E-state index in [0.717, 1.165) is 9.45 Å². The van der Waals surface area contributed by atoms with Gasteiger partial charge in [0, 0.05) is 17.3 Å². The Labute approximate surface area is 78.1 Å². The highest BCUT2D eigenvalue weighted by Gasteiger charge is 1.88. The summed E-state index contributed by atoms with van der Waals surface area (Å²) in [7, 11) is 0. The number of hydrogen-bond donors (Lipinski definition) is 1. The molecule has 0 aliphatic carbocycles. The Balaban J connectivity index is 2.43. The maximum atomic E-state index is 3.97. The normalized spacial score (nSPS) is 9.70. The first-order valence-electron chi connectivity index (χ1n) is 2.79. The minimum absolute atomic E-state index is 0.942. The third kappa shape index (κ3) is 2.85. The highest BCUT2D eigenvalue weighted by atomic mass is 127. The van der Waals surface area contributed by atoms with Gasteiger partial charge >= 0.3 is 0 Å². The van der Waals surface area contributed by atoms with Crippen molar-refractivity contribution in [2.45, 2.75) is 4.90 Å². The summed E-state index contributed by atoms with van der Waals surface area (Å²) in [6, 6.07) is 3.95. The lowest BCUT2D eigenvalue weighted by molar-refractivity contribution is 1.20. The van der Waals surface area contributed by atoms with E-state index in [0.29, 0.717) is 0 Å². The second kappa shape index (κ2) is 4.92. The zero-order chi connectivity index (χ0) is 7.23. The maximum Gasteiger partial charge on any atom is 0.0581 e. The number of pyridine rings is 1. The van der Waals surface area contributed by atoms with Crippen molar-refractivity contribution in [3.05, 3.63) is 24.5 Å². The zero-order valence-corrected chi connectivity index (χ0v) is 8.22. The van der Waals surface area contributed by atoms with E-state index in [4.69, 9.17) is 0 Å². The van der Waals surface area contributed by atoms with Gasteiger partial charge in [-0.25, -0.2) is 0 Å².